The molecule has 0 bridgehead atoms. The van der Waals surface area contributed by atoms with Gasteiger partial charge >= 0.3 is 78.0 Å². The molecule has 11 heavy (non-hydrogen) atoms. The molecule has 0 radical (unpaired) electrons. The first-order chi connectivity index (χ1) is 5.40. The van der Waals surface area contributed by atoms with Gasteiger partial charge in [0, 0.05) is 0 Å². The molecule has 0 spiro atoms. The van der Waals surface area contributed by atoms with E-state index in [1.165, 1.54) is 24.2 Å². The molecule has 1 aliphatic heterocycles. The fraction of sp³-hybridized carbons (Fsp3) is 0.333. The van der Waals surface area contributed by atoms with Crippen LogP contribution in [0.5, 0.6) is 0 Å². The van der Waals surface area contributed by atoms with E-state index in [0.29, 0.717) is 0 Å². The Balaban J connectivity index is 2.27. The molecule has 1 aromatic carbocycles. The summed E-state index contributed by atoms with van der Waals surface area (Å²) in [5.74, 6) is 0. The van der Waals surface area contributed by atoms with Crippen molar-refractivity contribution < 1.29 is 21.5 Å². The topological polar surface area (TPSA) is 3.24 Å². The molecule has 2 heteroatoms. The first kappa shape index (κ1) is 7.55. The van der Waals surface area contributed by atoms with E-state index >= 15 is 0 Å². The SMILES string of the molecule is C[I-]N1Cc2ccccc2C1. The molecule has 0 amide bonds. The van der Waals surface area contributed by atoms with Gasteiger partial charge in [0.25, 0.3) is 0 Å². The van der Waals surface area contributed by atoms with Crippen LogP contribution in [0.2, 0.25) is 0 Å². The molecule has 0 aliphatic carbocycles. The number of fused-ring (bicyclic) bond motifs is 1. The Morgan fingerprint density at radius 3 is 2.18 bits per heavy atom. The van der Waals surface area contributed by atoms with Crippen LogP contribution in [0.25, 0.3) is 0 Å². The van der Waals surface area contributed by atoms with Crippen LogP contribution in [0, 0.1) is 0 Å². The Kier molecular flexibility index (Phi) is 2.13. The second-order valence-electron chi connectivity index (χ2n) is 2.72. The van der Waals surface area contributed by atoms with Gasteiger partial charge in [0.05, 0.1) is 0 Å². The van der Waals surface area contributed by atoms with Gasteiger partial charge in [-0.15, -0.1) is 0 Å². The number of nitrogens with zero attached hydrogens (tertiary/aromatic N) is 1. The van der Waals surface area contributed by atoms with Crippen LogP contribution >= 0.6 is 0 Å². The van der Waals surface area contributed by atoms with Crippen molar-refractivity contribution in [2.24, 2.45) is 0 Å². The normalized spacial score (nSPS) is 17.2. The summed E-state index contributed by atoms with van der Waals surface area (Å²) in [6.45, 7) is 2.39. The summed E-state index contributed by atoms with van der Waals surface area (Å²) in [6, 6.07) is 8.76. The van der Waals surface area contributed by atoms with Crippen LogP contribution in [-0.2, 0) is 13.1 Å². The molecule has 60 valence electrons. The standard InChI is InChI=1S/C9H11IN/c1-10-11-6-8-4-2-3-5-9(8)7-11/h2-5H,6-7H2,1H3/q-1. The van der Waals surface area contributed by atoms with E-state index in [0.717, 1.165) is 0 Å². The fourth-order valence-electron chi connectivity index (χ4n) is 1.41. The van der Waals surface area contributed by atoms with E-state index in [1.54, 1.807) is 0 Å². The van der Waals surface area contributed by atoms with E-state index in [9.17, 15) is 0 Å². The first-order valence-electron chi connectivity index (χ1n) is 3.71. The summed E-state index contributed by atoms with van der Waals surface area (Å²) in [5, 5.41) is 0. The first-order valence-corrected chi connectivity index (χ1v) is 6.84. The second kappa shape index (κ2) is 3.11. The number of benzene rings is 1. The monoisotopic (exact) mass is 260 g/mol. The van der Waals surface area contributed by atoms with Crippen molar-refractivity contribution in [3.63, 3.8) is 0 Å². The number of hydrogen-bond acceptors (Lipinski definition) is 1. The maximum absolute atomic E-state index is 2.56. The number of rotatable bonds is 1. The zero-order chi connectivity index (χ0) is 7.68. The Morgan fingerprint density at radius 2 is 1.73 bits per heavy atom. The summed E-state index contributed by atoms with van der Waals surface area (Å²) in [5.41, 5.74) is 3.07. The van der Waals surface area contributed by atoms with Crippen LogP contribution < -0.4 is 21.5 Å². The van der Waals surface area contributed by atoms with Gasteiger partial charge in [-0.05, 0) is 0 Å². The summed E-state index contributed by atoms with van der Waals surface area (Å²) >= 11 is 0.289. The summed E-state index contributed by atoms with van der Waals surface area (Å²) in [7, 11) is 0. The molecule has 0 saturated carbocycles. The van der Waals surface area contributed by atoms with Gasteiger partial charge in [0.15, 0.2) is 0 Å². The predicted molar refractivity (Wildman–Crippen MR) is 41.6 cm³/mol. The molecule has 0 unspecified atom stereocenters. The van der Waals surface area contributed by atoms with Gasteiger partial charge < -0.3 is 0 Å². The van der Waals surface area contributed by atoms with E-state index in [2.05, 4.69) is 32.3 Å². The van der Waals surface area contributed by atoms with Crippen molar-refractivity contribution >= 4 is 0 Å². The fourth-order valence-corrected chi connectivity index (χ4v) is 2.83. The van der Waals surface area contributed by atoms with Gasteiger partial charge in [-0.1, -0.05) is 0 Å². The summed E-state index contributed by atoms with van der Waals surface area (Å²) in [4.78, 5) is 2.32. The molecule has 0 N–H and O–H groups in total. The molecule has 1 heterocycles. The predicted octanol–water partition coefficient (Wildman–Crippen LogP) is -1.36. The Morgan fingerprint density at radius 1 is 1.18 bits per heavy atom. The molecule has 1 aromatic rings. The van der Waals surface area contributed by atoms with E-state index in [4.69, 9.17) is 0 Å². The van der Waals surface area contributed by atoms with Gasteiger partial charge in [0.1, 0.15) is 0 Å². The Hall–Kier alpha value is -0.0900. The minimum atomic E-state index is 0.289. The zero-order valence-electron chi connectivity index (χ0n) is 6.55. The van der Waals surface area contributed by atoms with E-state index in [1.807, 2.05) is 0 Å². The molecule has 0 saturated heterocycles. The third kappa shape index (κ3) is 1.42. The summed E-state index contributed by atoms with van der Waals surface area (Å²) in [6.07, 6.45) is 0. The van der Waals surface area contributed by atoms with Crippen LogP contribution in [-0.4, -0.2) is 8.04 Å². The van der Waals surface area contributed by atoms with Gasteiger partial charge in [-0.2, -0.15) is 0 Å². The number of hydrogen-bond donors (Lipinski definition) is 0. The van der Waals surface area contributed by atoms with E-state index < -0.39 is 0 Å². The minimum absolute atomic E-state index is 0.289. The molecular weight excluding hydrogens is 249 g/mol. The van der Waals surface area contributed by atoms with Gasteiger partial charge in [-0.3, -0.25) is 0 Å². The van der Waals surface area contributed by atoms with Crippen molar-refractivity contribution in [2.45, 2.75) is 13.1 Å². The number of halogens is 1. The van der Waals surface area contributed by atoms with Crippen LogP contribution in [0.3, 0.4) is 0 Å². The van der Waals surface area contributed by atoms with E-state index in [-0.39, 0.29) is 21.5 Å². The van der Waals surface area contributed by atoms with Crippen molar-refractivity contribution in [3.05, 3.63) is 35.4 Å². The number of alkyl halides is 1. The molecular formula is C9H11IN-. The van der Waals surface area contributed by atoms with Crippen molar-refractivity contribution in [1.82, 2.24) is 3.11 Å². The molecule has 1 aliphatic rings. The van der Waals surface area contributed by atoms with Crippen molar-refractivity contribution in [1.29, 1.82) is 0 Å². The Bertz CT molecular complexity index is 234. The third-order valence-corrected chi connectivity index (χ3v) is 4.09. The van der Waals surface area contributed by atoms with Gasteiger partial charge in [-0.25, -0.2) is 0 Å². The molecule has 1 nitrogen and oxygen atoms in total. The molecule has 2 rings (SSSR count). The summed E-state index contributed by atoms with van der Waals surface area (Å²) < 4.78 is 2.56. The molecule has 0 atom stereocenters. The average molecular weight is 260 g/mol. The molecule has 0 fully saturated rings. The quantitative estimate of drug-likeness (QED) is 0.342. The second-order valence-corrected chi connectivity index (χ2v) is 5.05. The average Bonchev–Trinajstić information content (AvgIpc) is 2.46. The molecule has 0 aromatic heterocycles. The van der Waals surface area contributed by atoms with Crippen LogP contribution in [0.4, 0.5) is 0 Å². The Labute approximate surface area is 78.0 Å². The van der Waals surface area contributed by atoms with Gasteiger partial charge in [0.2, 0.25) is 0 Å². The van der Waals surface area contributed by atoms with Crippen molar-refractivity contribution in [2.75, 3.05) is 4.93 Å². The van der Waals surface area contributed by atoms with Crippen LogP contribution in [0.1, 0.15) is 11.1 Å². The maximum atomic E-state index is 2.56. The van der Waals surface area contributed by atoms with Crippen molar-refractivity contribution in [3.8, 4) is 0 Å². The zero-order valence-corrected chi connectivity index (χ0v) is 8.71. The van der Waals surface area contributed by atoms with Crippen LogP contribution in [0.15, 0.2) is 24.3 Å². The third-order valence-electron chi connectivity index (χ3n) is 2.04.